The smallest absolute Gasteiger partial charge is 0.255 e. The Kier molecular flexibility index (Phi) is 4.13. The predicted octanol–water partition coefficient (Wildman–Crippen LogP) is 2.70. The molecular weight excluding hydrogens is 279 g/mol. The number of nitriles is 1. The molecule has 3 nitrogen and oxygen atoms in total. The Hall–Kier alpha value is -1.05. The van der Waals surface area contributed by atoms with Crippen LogP contribution in [0.5, 0.6) is 0 Å². The highest BCUT2D eigenvalue weighted by molar-refractivity contribution is 9.10. The Bertz CT molecular complexity index is 428. The van der Waals surface area contributed by atoms with Crippen LogP contribution in [0.15, 0.2) is 22.7 Å². The lowest BCUT2D eigenvalue weighted by Gasteiger charge is -2.13. The largest absolute Gasteiger partial charge is 0.328 e. The molecule has 0 atom stereocenters. The summed E-state index contributed by atoms with van der Waals surface area (Å²) in [5, 5.41) is 8.84. The second-order valence-electron chi connectivity index (χ2n) is 2.94. The van der Waals surface area contributed by atoms with Gasteiger partial charge in [-0.3, -0.25) is 4.79 Å². The second kappa shape index (κ2) is 5.15. The van der Waals surface area contributed by atoms with Gasteiger partial charge < -0.3 is 4.90 Å². The molecule has 0 bridgehead atoms. The fourth-order valence-corrected chi connectivity index (χ4v) is 1.80. The molecule has 1 amide bonds. The monoisotopic (exact) mass is 286 g/mol. The van der Waals surface area contributed by atoms with Crippen molar-refractivity contribution in [2.24, 2.45) is 0 Å². The number of nitrogens with zero attached hydrogens (tertiary/aromatic N) is 2. The zero-order chi connectivity index (χ0) is 11.4. The van der Waals surface area contributed by atoms with Crippen molar-refractivity contribution in [1.29, 1.82) is 5.26 Å². The van der Waals surface area contributed by atoms with Crippen LogP contribution in [0.25, 0.3) is 0 Å². The van der Waals surface area contributed by atoms with Crippen molar-refractivity contribution in [2.45, 2.75) is 0 Å². The van der Waals surface area contributed by atoms with Crippen molar-refractivity contribution < 1.29 is 4.79 Å². The van der Waals surface area contributed by atoms with Crippen LogP contribution in [0.1, 0.15) is 10.4 Å². The molecular formula is C10H8BrClN2O. The number of hydrogen-bond donors (Lipinski definition) is 0. The summed E-state index contributed by atoms with van der Waals surface area (Å²) in [6.45, 7) is 0.0469. The van der Waals surface area contributed by atoms with Crippen molar-refractivity contribution in [3.05, 3.63) is 33.3 Å². The standard InChI is InChI=1S/C10H8BrClN2O/c1-14(5-4-13)10(15)8-3-2-7(11)6-9(8)12/h2-3,6H,5H2,1H3. The summed E-state index contributed by atoms with van der Waals surface area (Å²) in [5.41, 5.74) is 0.401. The summed E-state index contributed by atoms with van der Waals surface area (Å²) in [7, 11) is 1.56. The molecule has 0 radical (unpaired) electrons. The second-order valence-corrected chi connectivity index (χ2v) is 4.27. The van der Waals surface area contributed by atoms with Crippen molar-refractivity contribution in [3.8, 4) is 6.07 Å². The van der Waals surface area contributed by atoms with Crippen LogP contribution < -0.4 is 0 Å². The van der Waals surface area contributed by atoms with Gasteiger partial charge >= 0.3 is 0 Å². The molecule has 0 saturated carbocycles. The molecule has 1 aromatic carbocycles. The average molecular weight is 288 g/mol. The highest BCUT2D eigenvalue weighted by atomic mass is 79.9. The number of hydrogen-bond acceptors (Lipinski definition) is 2. The molecule has 0 fully saturated rings. The van der Waals surface area contributed by atoms with Gasteiger partial charge in [0.2, 0.25) is 0 Å². The van der Waals surface area contributed by atoms with Crippen molar-refractivity contribution >= 4 is 33.4 Å². The number of rotatable bonds is 2. The number of carbonyl (C=O) groups is 1. The normalized spacial score (nSPS) is 9.47. The van der Waals surface area contributed by atoms with E-state index in [0.29, 0.717) is 10.6 Å². The molecule has 1 aromatic rings. The van der Waals surface area contributed by atoms with Crippen molar-refractivity contribution in [3.63, 3.8) is 0 Å². The summed E-state index contributed by atoms with van der Waals surface area (Å²) in [6, 6.07) is 6.91. The van der Waals surface area contributed by atoms with Crippen LogP contribution in [0.3, 0.4) is 0 Å². The van der Waals surface area contributed by atoms with Crippen LogP contribution in [0.2, 0.25) is 5.02 Å². The molecule has 0 saturated heterocycles. The number of amides is 1. The Morgan fingerprint density at radius 2 is 2.33 bits per heavy atom. The first kappa shape index (κ1) is 12.0. The van der Waals surface area contributed by atoms with Gasteiger partial charge in [-0.25, -0.2) is 0 Å². The topological polar surface area (TPSA) is 44.1 Å². The lowest BCUT2D eigenvalue weighted by Crippen LogP contribution is -2.27. The molecule has 78 valence electrons. The molecule has 1 rings (SSSR count). The summed E-state index contributed by atoms with van der Waals surface area (Å²) in [6.07, 6.45) is 0. The highest BCUT2D eigenvalue weighted by Crippen LogP contribution is 2.22. The third kappa shape index (κ3) is 2.95. The van der Waals surface area contributed by atoms with Gasteiger partial charge in [-0.2, -0.15) is 5.26 Å². The van der Waals surface area contributed by atoms with E-state index in [4.69, 9.17) is 16.9 Å². The van der Waals surface area contributed by atoms with Crippen LogP contribution in [0, 0.1) is 11.3 Å². The van der Waals surface area contributed by atoms with Gasteiger partial charge in [0.1, 0.15) is 6.54 Å². The lowest BCUT2D eigenvalue weighted by molar-refractivity contribution is 0.0812. The average Bonchev–Trinajstić information content (AvgIpc) is 2.17. The third-order valence-corrected chi connectivity index (χ3v) is 2.62. The highest BCUT2D eigenvalue weighted by Gasteiger charge is 2.14. The first-order chi connectivity index (χ1) is 7.06. The van der Waals surface area contributed by atoms with Crippen molar-refractivity contribution in [2.75, 3.05) is 13.6 Å². The SMILES string of the molecule is CN(CC#N)C(=O)c1ccc(Br)cc1Cl. The van der Waals surface area contributed by atoms with Gasteiger partial charge in [0.25, 0.3) is 5.91 Å². The zero-order valence-electron chi connectivity index (χ0n) is 8.00. The van der Waals surface area contributed by atoms with Gasteiger partial charge in [-0.1, -0.05) is 27.5 Å². The Balaban J connectivity index is 2.97. The van der Waals surface area contributed by atoms with Gasteiger partial charge in [-0.15, -0.1) is 0 Å². The van der Waals surface area contributed by atoms with E-state index in [1.165, 1.54) is 4.90 Å². The van der Waals surface area contributed by atoms with E-state index in [-0.39, 0.29) is 12.5 Å². The molecule has 0 aliphatic carbocycles. The van der Waals surface area contributed by atoms with E-state index >= 15 is 0 Å². The molecule has 0 unspecified atom stereocenters. The summed E-state index contributed by atoms with van der Waals surface area (Å²) < 4.78 is 0.812. The quantitative estimate of drug-likeness (QED) is 0.785. The number of halogens is 2. The predicted molar refractivity (Wildman–Crippen MR) is 61.7 cm³/mol. The fourth-order valence-electron chi connectivity index (χ4n) is 1.05. The van der Waals surface area contributed by atoms with E-state index in [2.05, 4.69) is 15.9 Å². The van der Waals surface area contributed by atoms with E-state index in [1.807, 2.05) is 6.07 Å². The van der Waals surface area contributed by atoms with Crippen LogP contribution in [-0.2, 0) is 0 Å². The maximum Gasteiger partial charge on any atom is 0.255 e. The third-order valence-electron chi connectivity index (χ3n) is 1.82. The zero-order valence-corrected chi connectivity index (χ0v) is 10.3. The summed E-state index contributed by atoms with van der Waals surface area (Å²) >= 11 is 9.16. The number of benzene rings is 1. The van der Waals surface area contributed by atoms with Crippen LogP contribution in [0.4, 0.5) is 0 Å². The van der Waals surface area contributed by atoms with Crippen LogP contribution in [-0.4, -0.2) is 24.4 Å². The molecule has 5 heteroatoms. The molecule has 0 spiro atoms. The van der Waals surface area contributed by atoms with E-state index in [1.54, 1.807) is 25.2 Å². The van der Waals surface area contributed by atoms with Gasteiger partial charge in [-0.05, 0) is 18.2 Å². The Labute approximate surface area is 101 Å². The maximum atomic E-state index is 11.7. The minimum Gasteiger partial charge on any atom is -0.328 e. The molecule has 0 aromatic heterocycles. The molecule has 15 heavy (non-hydrogen) atoms. The maximum absolute atomic E-state index is 11.7. The Morgan fingerprint density at radius 3 is 2.87 bits per heavy atom. The first-order valence-electron chi connectivity index (χ1n) is 4.13. The summed E-state index contributed by atoms with van der Waals surface area (Å²) in [4.78, 5) is 13.1. The van der Waals surface area contributed by atoms with Crippen molar-refractivity contribution in [1.82, 2.24) is 4.90 Å². The molecule has 0 N–H and O–H groups in total. The van der Waals surface area contributed by atoms with E-state index < -0.39 is 0 Å². The first-order valence-corrected chi connectivity index (χ1v) is 5.31. The minimum atomic E-state index is -0.256. The fraction of sp³-hybridized carbons (Fsp3) is 0.200. The summed E-state index contributed by atoms with van der Waals surface area (Å²) in [5.74, 6) is -0.256. The van der Waals surface area contributed by atoms with E-state index in [9.17, 15) is 4.79 Å². The molecule has 0 heterocycles. The number of carbonyl (C=O) groups excluding carboxylic acids is 1. The van der Waals surface area contributed by atoms with Gasteiger partial charge in [0.15, 0.2) is 0 Å². The lowest BCUT2D eigenvalue weighted by atomic mass is 10.2. The van der Waals surface area contributed by atoms with E-state index in [0.717, 1.165) is 4.47 Å². The molecule has 0 aliphatic rings. The minimum absolute atomic E-state index is 0.0469. The van der Waals surface area contributed by atoms with Crippen LogP contribution >= 0.6 is 27.5 Å². The molecule has 0 aliphatic heterocycles. The Morgan fingerprint density at radius 1 is 1.67 bits per heavy atom. The van der Waals surface area contributed by atoms with Gasteiger partial charge in [0.05, 0.1) is 16.7 Å². The van der Waals surface area contributed by atoms with Gasteiger partial charge in [0, 0.05) is 11.5 Å².